The Morgan fingerprint density at radius 3 is 3.04 bits per heavy atom. The van der Waals surface area contributed by atoms with Gasteiger partial charge in [-0.15, -0.1) is 0 Å². The van der Waals surface area contributed by atoms with Gasteiger partial charge in [0.2, 0.25) is 0 Å². The summed E-state index contributed by atoms with van der Waals surface area (Å²) >= 11 is 0. The molecule has 2 aromatic rings. The maximum atomic E-state index is 12.3. The van der Waals surface area contributed by atoms with Gasteiger partial charge in [-0.1, -0.05) is 18.2 Å². The normalized spacial score (nSPS) is 22.6. The Kier molecular flexibility index (Phi) is 4.65. The Morgan fingerprint density at radius 1 is 1.38 bits per heavy atom. The van der Waals surface area contributed by atoms with Gasteiger partial charge in [-0.3, -0.25) is 0 Å². The Balaban J connectivity index is 1.58. The molecule has 7 nitrogen and oxygen atoms in total. The van der Waals surface area contributed by atoms with E-state index in [1.54, 1.807) is 7.11 Å². The predicted molar refractivity (Wildman–Crippen MR) is 99.2 cm³/mol. The van der Waals surface area contributed by atoms with Crippen molar-refractivity contribution in [2.45, 2.75) is 25.1 Å². The Hall–Kier alpha value is -2.38. The number of amides is 2. The highest BCUT2D eigenvalue weighted by Crippen LogP contribution is 2.29. The third-order valence-corrected chi connectivity index (χ3v) is 5.33. The number of carbonyl (C=O) groups excluding carboxylic acids is 1. The maximum Gasteiger partial charge on any atom is 0.318 e. The first kappa shape index (κ1) is 17.1. The number of benzene rings is 1. The topological polar surface area (TPSA) is 77.9 Å². The molecule has 2 saturated heterocycles. The second-order valence-corrected chi connectivity index (χ2v) is 6.87. The summed E-state index contributed by atoms with van der Waals surface area (Å²) in [6, 6.07) is 10.2. The molecule has 1 aromatic carbocycles. The number of nitrogens with one attached hydrogen (secondary N) is 1. The number of hydrogen-bond donors (Lipinski definition) is 2. The van der Waals surface area contributed by atoms with Gasteiger partial charge in [0.25, 0.3) is 0 Å². The lowest BCUT2D eigenvalue weighted by Gasteiger charge is -2.38. The number of aliphatic hydroxyl groups excluding tert-OH is 1. The summed E-state index contributed by atoms with van der Waals surface area (Å²) in [4.78, 5) is 21.1. The van der Waals surface area contributed by atoms with Crippen LogP contribution < -0.4 is 10.2 Å². The zero-order valence-corrected chi connectivity index (χ0v) is 14.9. The van der Waals surface area contributed by atoms with E-state index in [1.807, 2.05) is 35.2 Å². The quantitative estimate of drug-likeness (QED) is 0.846. The van der Waals surface area contributed by atoms with Crippen LogP contribution in [0.5, 0.6) is 0 Å². The standard InChI is InChI=1S/C19H24N4O3/c1-26-9-8-23-17-6-7-22(11-16(17)21-19(23)25)18-14(12-24)10-13-4-2-3-5-15(13)20-18/h2-5,10,16-17,24H,6-9,11-12H2,1H3,(H,21,25)/t16-,17+/m1/s1. The molecule has 2 atom stereocenters. The van der Waals surface area contributed by atoms with E-state index in [-0.39, 0.29) is 24.7 Å². The van der Waals surface area contributed by atoms with Crippen molar-refractivity contribution < 1.29 is 14.6 Å². The molecule has 2 aliphatic rings. The molecule has 2 aliphatic heterocycles. The molecule has 1 aromatic heterocycles. The summed E-state index contributed by atoms with van der Waals surface area (Å²) in [6.07, 6.45) is 0.868. The van der Waals surface area contributed by atoms with E-state index in [9.17, 15) is 9.90 Å². The summed E-state index contributed by atoms with van der Waals surface area (Å²) < 4.78 is 5.12. The number of nitrogens with zero attached hydrogens (tertiary/aromatic N) is 3. The van der Waals surface area contributed by atoms with Crippen LogP contribution >= 0.6 is 0 Å². The van der Waals surface area contributed by atoms with Crippen LogP contribution in [0, 0.1) is 0 Å². The van der Waals surface area contributed by atoms with Gasteiger partial charge in [-0.25, -0.2) is 9.78 Å². The monoisotopic (exact) mass is 356 g/mol. The van der Waals surface area contributed by atoms with Crippen molar-refractivity contribution in [2.75, 3.05) is 38.3 Å². The van der Waals surface area contributed by atoms with Crippen LogP contribution in [0.25, 0.3) is 10.9 Å². The number of anilines is 1. The summed E-state index contributed by atoms with van der Waals surface area (Å²) in [7, 11) is 1.65. The number of aromatic nitrogens is 1. The van der Waals surface area contributed by atoms with E-state index in [2.05, 4.69) is 10.2 Å². The molecule has 2 fully saturated rings. The molecule has 2 N–H and O–H groups in total. The van der Waals surface area contributed by atoms with Gasteiger partial charge in [0.05, 0.1) is 30.8 Å². The Labute approximate surface area is 152 Å². The summed E-state index contributed by atoms with van der Waals surface area (Å²) in [5.41, 5.74) is 1.74. The number of ether oxygens (including phenoxy) is 1. The molecule has 3 heterocycles. The predicted octanol–water partition coefficient (Wildman–Crippen LogP) is 1.35. The first-order chi connectivity index (χ1) is 12.7. The van der Waals surface area contributed by atoms with E-state index < -0.39 is 0 Å². The van der Waals surface area contributed by atoms with Gasteiger partial charge in [-0.2, -0.15) is 0 Å². The number of para-hydroxylation sites is 1. The van der Waals surface area contributed by atoms with Crippen molar-refractivity contribution in [3.63, 3.8) is 0 Å². The third-order valence-electron chi connectivity index (χ3n) is 5.33. The average Bonchev–Trinajstić information content (AvgIpc) is 2.99. The molecular formula is C19H24N4O3. The van der Waals surface area contributed by atoms with Gasteiger partial charge in [0.1, 0.15) is 5.82 Å². The largest absolute Gasteiger partial charge is 0.392 e. The lowest BCUT2D eigenvalue weighted by atomic mass is 9.99. The molecule has 26 heavy (non-hydrogen) atoms. The van der Waals surface area contributed by atoms with Gasteiger partial charge in [-0.05, 0) is 18.6 Å². The van der Waals surface area contributed by atoms with Gasteiger partial charge in [0.15, 0.2) is 0 Å². The van der Waals surface area contributed by atoms with E-state index in [4.69, 9.17) is 9.72 Å². The molecular weight excluding hydrogens is 332 g/mol. The summed E-state index contributed by atoms with van der Waals surface area (Å²) in [5.74, 6) is 0.814. The fraction of sp³-hybridized carbons (Fsp3) is 0.474. The number of methoxy groups -OCH3 is 1. The van der Waals surface area contributed by atoms with Crippen LogP contribution in [0.3, 0.4) is 0 Å². The van der Waals surface area contributed by atoms with Gasteiger partial charge < -0.3 is 25.0 Å². The zero-order chi connectivity index (χ0) is 18.1. The lowest BCUT2D eigenvalue weighted by molar-refractivity contribution is 0.140. The number of rotatable bonds is 5. The molecule has 0 aliphatic carbocycles. The van der Waals surface area contributed by atoms with Crippen LogP contribution in [0.15, 0.2) is 30.3 Å². The van der Waals surface area contributed by atoms with E-state index >= 15 is 0 Å². The molecule has 0 saturated carbocycles. The minimum Gasteiger partial charge on any atom is -0.392 e. The fourth-order valence-electron chi connectivity index (χ4n) is 4.04. The molecule has 2 amide bonds. The van der Waals surface area contributed by atoms with Gasteiger partial charge >= 0.3 is 6.03 Å². The highest BCUT2D eigenvalue weighted by molar-refractivity contribution is 5.82. The van der Waals surface area contributed by atoms with E-state index in [0.29, 0.717) is 19.7 Å². The minimum atomic E-state index is -0.0515. The SMILES string of the molecule is COCCN1C(=O)N[C@@H]2CN(c3nc4ccccc4cc3CO)CC[C@@H]21. The van der Waals surface area contributed by atoms with E-state index in [0.717, 1.165) is 35.2 Å². The van der Waals surface area contributed by atoms with Crippen LogP contribution in [0.1, 0.15) is 12.0 Å². The molecule has 4 rings (SSSR count). The third kappa shape index (κ3) is 2.97. The molecule has 0 spiro atoms. The number of urea groups is 1. The van der Waals surface area contributed by atoms with Crippen molar-refractivity contribution >= 4 is 22.8 Å². The Bertz CT molecular complexity index is 812. The first-order valence-electron chi connectivity index (χ1n) is 9.02. The number of hydrogen-bond acceptors (Lipinski definition) is 5. The maximum absolute atomic E-state index is 12.3. The zero-order valence-electron chi connectivity index (χ0n) is 14.9. The number of carbonyl (C=O) groups is 1. The van der Waals surface area contributed by atoms with Crippen LogP contribution in [-0.4, -0.2) is 66.5 Å². The average molecular weight is 356 g/mol. The van der Waals surface area contributed by atoms with Crippen molar-refractivity contribution in [2.24, 2.45) is 0 Å². The highest BCUT2D eigenvalue weighted by Gasteiger charge is 2.42. The second kappa shape index (κ2) is 7.09. The number of piperidine rings is 1. The molecule has 0 radical (unpaired) electrons. The van der Waals surface area contributed by atoms with Crippen LogP contribution in [0.2, 0.25) is 0 Å². The van der Waals surface area contributed by atoms with Crippen LogP contribution in [0.4, 0.5) is 10.6 Å². The smallest absolute Gasteiger partial charge is 0.318 e. The van der Waals surface area contributed by atoms with Crippen molar-refractivity contribution in [1.82, 2.24) is 15.2 Å². The first-order valence-corrected chi connectivity index (χ1v) is 9.02. The lowest BCUT2D eigenvalue weighted by Crippen LogP contribution is -2.52. The van der Waals surface area contributed by atoms with Crippen molar-refractivity contribution in [3.05, 3.63) is 35.9 Å². The number of fused-ring (bicyclic) bond motifs is 2. The molecule has 138 valence electrons. The number of aliphatic hydroxyl groups is 1. The Morgan fingerprint density at radius 2 is 2.23 bits per heavy atom. The summed E-state index contributed by atoms with van der Waals surface area (Å²) in [5, 5.41) is 13.9. The van der Waals surface area contributed by atoms with Crippen molar-refractivity contribution in [1.29, 1.82) is 0 Å². The van der Waals surface area contributed by atoms with Gasteiger partial charge in [0, 0.05) is 37.7 Å². The number of pyridine rings is 1. The molecule has 7 heteroatoms. The minimum absolute atomic E-state index is 0.0206. The van der Waals surface area contributed by atoms with E-state index in [1.165, 1.54) is 0 Å². The fourth-order valence-corrected chi connectivity index (χ4v) is 4.04. The molecule has 0 unspecified atom stereocenters. The van der Waals surface area contributed by atoms with Crippen molar-refractivity contribution in [3.8, 4) is 0 Å². The highest BCUT2D eigenvalue weighted by atomic mass is 16.5. The van der Waals surface area contributed by atoms with Crippen LogP contribution in [-0.2, 0) is 11.3 Å². The molecule has 0 bridgehead atoms. The summed E-state index contributed by atoms with van der Waals surface area (Å²) in [6.45, 7) is 2.60. The second-order valence-electron chi connectivity index (χ2n) is 6.87.